The molecule has 1 N–H and O–H groups in total. The van der Waals surface area contributed by atoms with Crippen molar-refractivity contribution in [2.45, 2.75) is 52.5 Å². The molecule has 1 amide bonds. The smallest absolute Gasteiger partial charge is 0.272 e. The number of piperidine rings is 1. The minimum atomic E-state index is -0.0245. The molecular weight excluding hydrogens is 344 g/mol. The molecule has 2 aromatic heterocycles. The van der Waals surface area contributed by atoms with Crippen molar-refractivity contribution in [3.05, 3.63) is 35.2 Å². The van der Waals surface area contributed by atoms with Gasteiger partial charge in [0.2, 0.25) is 0 Å². The number of rotatable bonds is 6. The molecule has 27 heavy (non-hydrogen) atoms. The van der Waals surface area contributed by atoms with Crippen LogP contribution in [0.1, 0.15) is 60.4 Å². The van der Waals surface area contributed by atoms with Crippen LogP contribution in [0, 0.1) is 12.8 Å². The predicted octanol–water partition coefficient (Wildman–Crippen LogP) is 1.59. The van der Waals surface area contributed by atoms with Gasteiger partial charge < -0.3 is 10.0 Å². The zero-order valence-corrected chi connectivity index (χ0v) is 16.3. The maximum atomic E-state index is 12.9. The van der Waals surface area contributed by atoms with Gasteiger partial charge in [-0.1, -0.05) is 19.1 Å². The summed E-state index contributed by atoms with van der Waals surface area (Å²) >= 11 is 0. The molecule has 0 bridgehead atoms. The van der Waals surface area contributed by atoms with Crippen LogP contribution in [-0.4, -0.2) is 60.6 Å². The van der Waals surface area contributed by atoms with E-state index in [1.54, 1.807) is 0 Å². The molecule has 3 rings (SSSR count). The number of aryl methyl sites for hydroxylation is 1. The van der Waals surface area contributed by atoms with Crippen molar-refractivity contribution < 1.29 is 9.90 Å². The second-order valence-electron chi connectivity index (χ2n) is 7.58. The fourth-order valence-corrected chi connectivity index (χ4v) is 3.48. The molecule has 8 nitrogen and oxygen atoms in total. The minimum Gasteiger partial charge on any atom is -0.396 e. The zero-order chi connectivity index (χ0) is 19.4. The Morgan fingerprint density at radius 3 is 2.67 bits per heavy atom. The summed E-state index contributed by atoms with van der Waals surface area (Å²) in [6.07, 6.45) is 4.91. The van der Waals surface area contributed by atoms with Gasteiger partial charge in [-0.3, -0.25) is 4.79 Å². The predicted molar refractivity (Wildman–Crippen MR) is 100 cm³/mol. The maximum absolute atomic E-state index is 12.9. The van der Waals surface area contributed by atoms with Crippen LogP contribution in [0.4, 0.5) is 0 Å². The normalized spacial score (nSPS) is 15.5. The molecule has 1 aliphatic heterocycles. The van der Waals surface area contributed by atoms with Crippen molar-refractivity contribution in [3.63, 3.8) is 0 Å². The largest absolute Gasteiger partial charge is 0.396 e. The fourth-order valence-electron chi connectivity index (χ4n) is 3.48. The number of nitrogens with zero attached hydrogens (tertiary/aromatic N) is 6. The van der Waals surface area contributed by atoms with Crippen LogP contribution < -0.4 is 0 Å². The molecule has 0 saturated carbocycles. The molecular formula is C19H28N6O2. The third-order valence-corrected chi connectivity index (χ3v) is 4.78. The fraction of sp³-hybridized carbons (Fsp3) is 0.632. The van der Waals surface area contributed by atoms with E-state index in [0.717, 1.165) is 30.7 Å². The van der Waals surface area contributed by atoms with Gasteiger partial charge in [0.05, 0.1) is 11.7 Å². The summed E-state index contributed by atoms with van der Waals surface area (Å²) in [7, 11) is 0. The monoisotopic (exact) mass is 372 g/mol. The highest BCUT2D eigenvalue weighted by Gasteiger charge is 2.26. The van der Waals surface area contributed by atoms with E-state index in [-0.39, 0.29) is 18.6 Å². The van der Waals surface area contributed by atoms with Gasteiger partial charge in [-0.05, 0) is 38.2 Å². The lowest BCUT2D eigenvalue weighted by Crippen LogP contribution is -2.39. The molecule has 146 valence electrons. The highest BCUT2D eigenvalue weighted by Crippen LogP contribution is 2.23. The molecule has 8 heteroatoms. The molecule has 2 aromatic rings. The Hall–Kier alpha value is -2.35. The molecule has 0 atom stereocenters. The highest BCUT2D eigenvalue weighted by molar-refractivity contribution is 5.92. The van der Waals surface area contributed by atoms with Gasteiger partial charge in [0.15, 0.2) is 0 Å². The summed E-state index contributed by atoms with van der Waals surface area (Å²) in [5.41, 5.74) is 2.21. The first-order valence-corrected chi connectivity index (χ1v) is 9.61. The van der Waals surface area contributed by atoms with Gasteiger partial charge in [0.25, 0.3) is 5.91 Å². The zero-order valence-electron chi connectivity index (χ0n) is 16.3. The average molecular weight is 372 g/mol. The number of carbonyl (C=O) groups is 1. The lowest BCUT2D eigenvalue weighted by molar-refractivity contribution is 0.0682. The lowest BCUT2D eigenvalue weighted by Gasteiger charge is -2.31. The van der Waals surface area contributed by atoms with Gasteiger partial charge in [-0.25, -0.2) is 14.6 Å². The number of hydrogen-bond acceptors (Lipinski definition) is 6. The van der Waals surface area contributed by atoms with Crippen LogP contribution in [0.3, 0.4) is 0 Å². The molecule has 0 spiro atoms. The second-order valence-corrected chi connectivity index (χ2v) is 7.58. The highest BCUT2D eigenvalue weighted by atomic mass is 16.3. The molecule has 1 aliphatic rings. The first-order chi connectivity index (χ1) is 13.0. The Bertz CT molecular complexity index is 780. The number of hydrogen-bond donors (Lipinski definition) is 1. The molecule has 1 saturated heterocycles. The van der Waals surface area contributed by atoms with Crippen LogP contribution in [0.5, 0.6) is 0 Å². The minimum absolute atomic E-state index is 0.0245. The van der Waals surface area contributed by atoms with Gasteiger partial charge >= 0.3 is 0 Å². The molecule has 0 radical (unpaired) electrons. The van der Waals surface area contributed by atoms with E-state index in [0.29, 0.717) is 36.9 Å². The van der Waals surface area contributed by atoms with Crippen LogP contribution in [0.15, 0.2) is 12.3 Å². The molecule has 1 fully saturated rings. The SMILES string of the molecule is Cc1nc(CC(C)C)cc(C(=O)N2CCC(n3cc(CCO)nn3)CC2)n1. The van der Waals surface area contributed by atoms with Crippen LogP contribution in [-0.2, 0) is 12.8 Å². The Balaban J connectivity index is 1.63. The lowest BCUT2D eigenvalue weighted by atomic mass is 10.0. The molecule has 0 aliphatic carbocycles. The number of aromatic nitrogens is 5. The third-order valence-electron chi connectivity index (χ3n) is 4.78. The number of likely N-dealkylation sites (tertiary alicyclic amines) is 1. The van der Waals surface area contributed by atoms with E-state index in [1.165, 1.54) is 0 Å². The first-order valence-electron chi connectivity index (χ1n) is 9.61. The van der Waals surface area contributed by atoms with E-state index in [4.69, 9.17) is 5.11 Å². The number of aliphatic hydroxyl groups excluding tert-OH is 1. The summed E-state index contributed by atoms with van der Waals surface area (Å²) in [6.45, 7) is 7.52. The number of carbonyl (C=O) groups excluding carboxylic acids is 1. The van der Waals surface area contributed by atoms with E-state index in [1.807, 2.05) is 28.8 Å². The van der Waals surface area contributed by atoms with Gasteiger partial charge in [-0.15, -0.1) is 5.10 Å². The van der Waals surface area contributed by atoms with Crippen molar-refractivity contribution >= 4 is 5.91 Å². The van der Waals surface area contributed by atoms with Gasteiger partial charge in [-0.2, -0.15) is 0 Å². The van der Waals surface area contributed by atoms with Gasteiger partial charge in [0.1, 0.15) is 11.5 Å². The molecule has 3 heterocycles. The summed E-state index contributed by atoms with van der Waals surface area (Å²) in [6, 6.07) is 2.07. The van der Waals surface area contributed by atoms with Crippen molar-refractivity contribution in [2.24, 2.45) is 5.92 Å². The Kier molecular flexibility index (Phi) is 6.15. The quantitative estimate of drug-likeness (QED) is 0.827. The first kappa shape index (κ1) is 19.4. The van der Waals surface area contributed by atoms with Crippen LogP contribution in [0.25, 0.3) is 0 Å². The van der Waals surface area contributed by atoms with Crippen molar-refractivity contribution in [1.29, 1.82) is 0 Å². The standard InChI is InChI=1S/C19H28N6O2/c1-13(2)10-16-11-18(21-14(3)20-16)19(27)24-7-4-17(5-8-24)25-12-15(6-9-26)22-23-25/h11-13,17,26H,4-10H2,1-3H3. The van der Waals surface area contributed by atoms with E-state index < -0.39 is 0 Å². The Morgan fingerprint density at radius 2 is 2.00 bits per heavy atom. The Morgan fingerprint density at radius 1 is 1.26 bits per heavy atom. The topological polar surface area (TPSA) is 97.0 Å². The van der Waals surface area contributed by atoms with E-state index in [2.05, 4.69) is 34.1 Å². The Labute approximate surface area is 159 Å². The van der Waals surface area contributed by atoms with E-state index in [9.17, 15) is 4.79 Å². The van der Waals surface area contributed by atoms with Gasteiger partial charge in [0, 0.05) is 38.0 Å². The second kappa shape index (κ2) is 8.56. The summed E-state index contributed by atoms with van der Waals surface area (Å²) < 4.78 is 1.86. The summed E-state index contributed by atoms with van der Waals surface area (Å²) in [5.74, 6) is 1.10. The number of aliphatic hydroxyl groups is 1. The van der Waals surface area contributed by atoms with Crippen LogP contribution >= 0.6 is 0 Å². The van der Waals surface area contributed by atoms with Crippen molar-refractivity contribution in [1.82, 2.24) is 29.9 Å². The summed E-state index contributed by atoms with van der Waals surface area (Å²) in [5, 5.41) is 17.2. The maximum Gasteiger partial charge on any atom is 0.272 e. The van der Waals surface area contributed by atoms with E-state index >= 15 is 0 Å². The van der Waals surface area contributed by atoms with Crippen molar-refractivity contribution in [2.75, 3.05) is 19.7 Å². The van der Waals surface area contributed by atoms with Crippen molar-refractivity contribution in [3.8, 4) is 0 Å². The van der Waals surface area contributed by atoms with Crippen LogP contribution in [0.2, 0.25) is 0 Å². The molecule has 0 unspecified atom stereocenters. The number of amides is 1. The average Bonchev–Trinajstić information content (AvgIpc) is 3.09. The summed E-state index contributed by atoms with van der Waals surface area (Å²) in [4.78, 5) is 23.6. The molecule has 0 aromatic carbocycles. The third kappa shape index (κ3) is 4.88.